The van der Waals surface area contributed by atoms with Crippen LogP contribution in [-0.2, 0) is 12.7 Å². The van der Waals surface area contributed by atoms with Crippen molar-refractivity contribution >= 4 is 29.1 Å². The van der Waals surface area contributed by atoms with E-state index < -0.39 is 16.9 Å². The highest BCUT2D eigenvalue weighted by atomic mass is 35.5. The molecule has 0 aliphatic heterocycles. The number of alkyl halides is 3. The maximum atomic E-state index is 12.7. The first-order valence-electron chi connectivity index (χ1n) is 7.04. The van der Waals surface area contributed by atoms with Crippen molar-refractivity contribution in [2.45, 2.75) is 26.1 Å². The molecule has 0 fully saturated rings. The van der Waals surface area contributed by atoms with Crippen LogP contribution in [-0.4, -0.2) is 22.2 Å². The Morgan fingerprint density at radius 2 is 1.96 bits per heavy atom. The third-order valence-electron chi connectivity index (χ3n) is 3.35. The Kier molecular flexibility index (Phi) is 5.77. The predicted octanol–water partition coefficient (Wildman–Crippen LogP) is 4.34. The van der Waals surface area contributed by atoms with E-state index in [1.807, 2.05) is 0 Å². The maximum Gasteiger partial charge on any atom is 0.436 e. The molecule has 4 nitrogen and oxygen atoms in total. The number of hydrogen-bond donors (Lipinski definition) is 1. The van der Waals surface area contributed by atoms with Gasteiger partial charge >= 0.3 is 6.18 Å². The van der Waals surface area contributed by atoms with E-state index in [1.165, 1.54) is 11.6 Å². The molecule has 2 aromatic rings. The van der Waals surface area contributed by atoms with Gasteiger partial charge in [0.1, 0.15) is 0 Å². The van der Waals surface area contributed by atoms with Crippen molar-refractivity contribution in [1.29, 1.82) is 0 Å². The molecule has 0 saturated heterocycles. The number of benzene rings is 1. The van der Waals surface area contributed by atoms with Gasteiger partial charge in [0, 0.05) is 13.1 Å². The van der Waals surface area contributed by atoms with Gasteiger partial charge in [-0.2, -0.15) is 18.3 Å². The van der Waals surface area contributed by atoms with Crippen LogP contribution in [0.3, 0.4) is 0 Å². The van der Waals surface area contributed by atoms with Crippen LogP contribution in [0.4, 0.5) is 13.2 Å². The molecule has 1 amide bonds. The number of nitrogens with one attached hydrogen (secondary N) is 1. The first-order chi connectivity index (χ1) is 11.2. The predicted molar refractivity (Wildman–Crippen MR) is 85.4 cm³/mol. The molecule has 130 valence electrons. The van der Waals surface area contributed by atoms with E-state index in [1.54, 1.807) is 24.3 Å². The third-order valence-corrected chi connectivity index (χ3v) is 4.13. The monoisotopic (exact) mass is 379 g/mol. The number of amides is 1. The highest BCUT2D eigenvalue weighted by Gasteiger charge is 2.38. The van der Waals surface area contributed by atoms with Crippen LogP contribution in [0.1, 0.15) is 28.2 Å². The number of aryl methyl sites for hydroxylation is 1. The zero-order valence-electron chi connectivity index (χ0n) is 12.6. The summed E-state index contributed by atoms with van der Waals surface area (Å²) in [6.07, 6.45) is -4.20. The SMILES string of the molecule is Cc1c(Cl)c(C(F)(F)F)nn1CCCNC(=O)c1ccccc1Cl. The molecule has 0 bridgehead atoms. The Balaban J connectivity index is 1.91. The van der Waals surface area contributed by atoms with Crippen molar-refractivity contribution in [3.63, 3.8) is 0 Å². The number of nitrogens with zero attached hydrogens (tertiary/aromatic N) is 2. The highest BCUT2D eigenvalue weighted by molar-refractivity contribution is 6.33. The normalized spacial score (nSPS) is 11.6. The second-order valence-electron chi connectivity index (χ2n) is 5.06. The van der Waals surface area contributed by atoms with E-state index >= 15 is 0 Å². The van der Waals surface area contributed by atoms with Crippen molar-refractivity contribution in [1.82, 2.24) is 15.1 Å². The van der Waals surface area contributed by atoms with Crippen LogP contribution < -0.4 is 5.32 Å². The zero-order chi connectivity index (χ0) is 17.9. The van der Waals surface area contributed by atoms with E-state index in [4.69, 9.17) is 23.2 Å². The van der Waals surface area contributed by atoms with Gasteiger partial charge in [-0.1, -0.05) is 35.3 Å². The molecular formula is C15H14Cl2F3N3O. The zero-order valence-corrected chi connectivity index (χ0v) is 14.1. The van der Waals surface area contributed by atoms with Crippen molar-refractivity contribution in [3.8, 4) is 0 Å². The summed E-state index contributed by atoms with van der Waals surface area (Å²) in [6.45, 7) is 1.93. The molecule has 0 saturated carbocycles. The quantitative estimate of drug-likeness (QED) is 0.785. The van der Waals surface area contributed by atoms with Crippen LogP contribution in [0, 0.1) is 6.92 Å². The molecule has 0 atom stereocenters. The Bertz CT molecular complexity index is 744. The fourth-order valence-corrected chi connectivity index (χ4v) is 2.56. The van der Waals surface area contributed by atoms with E-state index in [2.05, 4.69) is 10.4 Å². The minimum absolute atomic E-state index is 0.199. The van der Waals surface area contributed by atoms with Crippen LogP contribution in [0.5, 0.6) is 0 Å². The molecule has 2 rings (SSSR count). The van der Waals surface area contributed by atoms with E-state index in [0.29, 0.717) is 17.0 Å². The van der Waals surface area contributed by atoms with Crippen molar-refractivity contribution in [2.75, 3.05) is 6.54 Å². The van der Waals surface area contributed by atoms with Crippen LogP contribution >= 0.6 is 23.2 Å². The maximum absolute atomic E-state index is 12.7. The second-order valence-corrected chi connectivity index (χ2v) is 5.84. The molecular weight excluding hydrogens is 366 g/mol. The lowest BCUT2D eigenvalue weighted by atomic mass is 10.2. The number of rotatable bonds is 5. The topological polar surface area (TPSA) is 46.9 Å². The lowest BCUT2D eigenvalue weighted by molar-refractivity contribution is -0.141. The molecule has 1 N–H and O–H groups in total. The minimum Gasteiger partial charge on any atom is -0.352 e. The largest absolute Gasteiger partial charge is 0.436 e. The highest BCUT2D eigenvalue weighted by Crippen LogP contribution is 2.35. The van der Waals surface area contributed by atoms with Gasteiger partial charge in [-0.25, -0.2) is 0 Å². The van der Waals surface area contributed by atoms with Gasteiger partial charge in [0.25, 0.3) is 5.91 Å². The molecule has 0 aliphatic rings. The van der Waals surface area contributed by atoms with Crippen molar-refractivity contribution < 1.29 is 18.0 Å². The van der Waals surface area contributed by atoms with Gasteiger partial charge in [0.15, 0.2) is 5.69 Å². The number of aromatic nitrogens is 2. The molecule has 0 unspecified atom stereocenters. The van der Waals surface area contributed by atoms with Crippen LogP contribution in [0.2, 0.25) is 10.0 Å². The summed E-state index contributed by atoms with van der Waals surface area (Å²) in [4.78, 5) is 11.9. The number of halogens is 5. The first-order valence-corrected chi connectivity index (χ1v) is 7.80. The summed E-state index contributed by atoms with van der Waals surface area (Å²) < 4.78 is 39.4. The fraction of sp³-hybridized carbons (Fsp3) is 0.333. The Morgan fingerprint density at radius 1 is 1.29 bits per heavy atom. The molecule has 0 radical (unpaired) electrons. The smallest absolute Gasteiger partial charge is 0.352 e. The van der Waals surface area contributed by atoms with Crippen LogP contribution in [0.25, 0.3) is 0 Å². The third kappa shape index (κ3) is 4.21. The van der Waals surface area contributed by atoms with E-state index in [9.17, 15) is 18.0 Å². The number of carbonyl (C=O) groups excluding carboxylic acids is 1. The average Bonchev–Trinajstić information content (AvgIpc) is 2.80. The van der Waals surface area contributed by atoms with Gasteiger partial charge in [0.2, 0.25) is 0 Å². The van der Waals surface area contributed by atoms with Gasteiger partial charge in [-0.15, -0.1) is 0 Å². The summed E-state index contributed by atoms with van der Waals surface area (Å²) in [5.41, 5.74) is -0.514. The van der Waals surface area contributed by atoms with E-state index in [0.717, 1.165) is 0 Å². The number of carbonyl (C=O) groups is 1. The molecule has 1 aromatic heterocycles. The summed E-state index contributed by atoms with van der Waals surface area (Å²) in [5.74, 6) is -0.341. The first kappa shape index (κ1) is 18.6. The molecule has 1 aromatic carbocycles. The molecule has 0 aliphatic carbocycles. The summed E-state index contributed by atoms with van der Waals surface area (Å²) in [6, 6.07) is 6.59. The molecule has 0 spiro atoms. The van der Waals surface area contributed by atoms with Gasteiger partial charge in [-0.3, -0.25) is 9.48 Å². The Hall–Kier alpha value is -1.73. The van der Waals surface area contributed by atoms with Gasteiger partial charge < -0.3 is 5.32 Å². The molecule has 9 heteroatoms. The fourth-order valence-electron chi connectivity index (χ4n) is 2.09. The lowest BCUT2D eigenvalue weighted by Crippen LogP contribution is -2.25. The van der Waals surface area contributed by atoms with Crippen LogP contribution in [0.15, 0.2) is 24.3 Å². The Morgan fingerprint density at radius 3 is 2.54 bits per heavy atom. The summed E-state index contributed by atoms with van der Waals surface area (Å²) >= 11 is 11.6. The standard InChI is InChI=1S/C15H14Cl2F3N3O/c1-9-12(17)13(15(18,19)20)22-23(9)8-4-7-21-14(24)10-5-2-3-6-11(10)16/h2-3,5-6H,4,7-8H2,1H3,(H,21,24). The summed E-state index contributed by atoms with van der Waals surface area (Å²) in [5, 5.41) is 6.09. The second kappa shape index (κ2) is 7.44. The van der Waals surface area contributed by atoms with Gasteiger partial charge in [0.05, 0.1) is 21.3 Å². The summed E-state index contributed by atoms with van der Waals surface area (Å²) in [7, 11) is 0. The Labute approximate surface area is 146 Å². The van der Waals surface area contributed by atoms with Gasteiger partial charge in [-0.05, 0) is 25.5 Å². The lowest BCUT2D eigenvalue weighted by Gasteiger charge is -2.08. The van der Waals surface area contributed by atoms with Crippen molar-refractivity contribution in [3.05, 3.63) is 51.3 Å². The average molecular weight is 380 g/mol. The van der Waals surface area contributed by atoms with E-state index in [-0.39, 0.29) is 24.7 Å². The number of hydrogen-bond acceptors (Lipinski definition) is 2. The minimum atomic E-state index is -4.59. The molecule has 24 heavy (non-hydrogen) atoms. The van der Waals surface area contributed by atoms with Crippen molar-refractivity contribution in [2.24, 2.45) is 0 Å². The molecule has 1 heterocycles.